The van der Waals surface area contributed by atoms with E-state index in [1.165, 1.54) is 16.4 Å². The van der Waals surface area contributed by atoms with Crippen LogP contribution in [0.1, 0.15) is 44.7 Å². The van der Waals surface area contributed by atoms with Crippen LogP contribution in [0.5, 0.6) is 0 Å². The van der Waals surface area contributed by atoms with Crippen molar-refractivity contribution in [1.82, 2.24) is 14.1 Å². The summed E-state index contributed by atoms with van der Waals surface area (Å²) in [5, 5.41) is 10.9. The third-order valence-electron chi connectivity index (χ3n) is 6.74. The average molecular weight is 493 g/mol. The fraction of sp³-hybridized carbons (Fsp3) is 0.458. The van der Waals surface area contributed by atoms with Gasteiger partial charge in [-0.3, -0.25) is 4.68 Å². The van der Waals surface area contributed by atoms with Crippen LogP contribution in [0.4, 0.5) is 4.39 Å². The molecule has 1 aromatic heterocycles. The molecule has 3 atom stereocenters. The zero-order valence-corrected chi connectivity index (χ0v) is 20.5. The van der Waals surface area contributed by atoms with E-state index in [-0.39, 0.29) is 23.7 Å². The molecule has 0 spiro atoms. The van der Waals surface area contributed by atoms with Crippen LogP contribution in [-0.2, 0) is 17.3 Å². The molecule has 2 aliphatic rings. The molecule has 6 nitrogen and oxygen atoms in total. The second-order valence-electron chi connectivity index (χ2n) is 9.00. The second kappa shape index (κ2) is 9.70. The minimum Gasteiger partial charge on any atom is -0.267 e. The summed E-state index contributed by atoms with van der Waals surface area (Å²) in [5.74, 6) is 0.0935. The summed E-state index contributed by atoms with van der Waals surface area (Å²) in [5.41, 5.74) is 3.57. The van der Waals surface area contributed by atoms with Gasteiger partial charge in [0.2, 0.25) is 0 Å². The summed E-state index contributed by atoms with van der Waals surface area (Å²) >= 11 is 6.72. The van der Waals surface area contributed by atoms with E-state index in [1.54, 1.807) is 16.8 Å². The molecule has 178 valence electrons. The van der Waals surface area contributed by atoms with Gasteiger partial charge in [-0.05, 0) is 91.5 Å². The van der Waals surface area contributed by atoms with Gasteiger partial charge in [0.15, 0.2) is 0 Å². The third-order valence-corrected chi connectivity index (χ3v) is 8.22. The Morgan fingerprint density at radius 1 is 1.21 bits per heavy atom. The number of aromatic nitrogens is 2. The highest BCUT2D eigenvalue weighted by Crippen LogP contribution is 2.47. The van der Waals surface area contributed by atoms with Crippen molar-refractivity contribution in [3.63, 3.8) is 0 Å². The molecule has 0 saturated heterocycles. The Bertz CT molecular complexity index is 1170. The number of hydrogen-bond acceptors (Lipinski definition) is 3. The van der Waals surface area contributed by atoms with Gasteiger partial charge in [-0.25, -0.2) is 9.53 Å². The minimum atomic E-state index is -3.77. The van der Waals surface area contributed by atoms with Gasteiger partial charge in [0, 0.05) is 24.7 Å². The molecule has 3 unspecified atom stereocenters. The first kappa shape index (κ1) is 24.1. The van der Waals surface area contributed by atoms with Crippen LogP contribution in [0.3, 0.4) is 0 Å². The van der Waals surface area contributed by atoms with Crippen LogP contribution in [0, 0.1) is 17.7 Å². The van der Waals surface area contributed by atoms with E-state index in [0.717, 1.165) is 46.8 Å². The van der Waals surface area contributed by atoms with Crippen molar-refractivity contribution in [3.05, 3.63) is 58.5 Å². The monoisotopic (exact) mass is 492 g/mol. The molecule has 0 radical (unpaired) electrons. The topological polar surface area (TPSA) is 81.2 Å². The summed E-state index contributed by atoms with van der Waals surface area (Å²) in [6, 6.07) is 8.17. The van der Waals surface area contributed by atoms with Gasteiger partial charge in [-0.2, -0.15) is 17.8 Å². The molecule has 1 heterocycles. The van der Waals surface area contributed by atoms with E-state index in [0.29, 0.717) is 19.4 Å². The van der Waals surface area contributed by atoms with Crippen molar-refractivity contribution in [2.45, 2.75) is 45.1 Å². The molecule has 1 aromatic carbocycles. The number of halogens is 2. The molecule has 9 heteroatoms. The van der Waals surface area contributed by atoms with Crippen molar-refractivity contribution in [2.75, 3.05) is 6.54 Å². The Morgan fingerprint density at radius 2 is 1.88 bits per heavy atom. The van der Waals surface area contributed by atoms with Crippen LogP contribution in [0.2, 0.25) is 0 Å². The lowest BCUT2D eigenvalue weighted by atomic mass is 9.94. The van der Waals surface area contributed by atoms with Gasteiger partial charge < -0.3 is 0 Å². The van der Waals surface area contributed by atoms with Gasteiger partial charge in [-0.15, -0.1) is 0 Å². The molecule has 2 aliphatic carbocycles. The lowest BCUT2D eigenvalue weighted by molar-refractivity contribution is 0.221. The van der Waals surface area contributed by atoms with E-state index in [9.17, 15) is 12.8 Å². The molecule has 0 aliphatic heterocycles. The Hall–Kier alpha value is -2.00. The number of aryl methyl sites for hydroxylation is 1. The third kappa shape index (κ3) is 5.24. The largest absolute Gasteiger partial charge is 0.277 e. The summed E-state index contributed by atoms with van der Waals surface area (Å²) in [7, 11) is -1.92. The highest BCUT2D eigenvalue weighted by molar-refractivity contribution is 7.86. The van der Waals surface area contributed by atoms with Crippen molar-refractivity contribution in [3.8, 4) is 11.3 Å². The number of nitrogens with two attached hydrogens (primary N) is 1. The van der Waals surface area contributed by atoms with Crippen molar-refractivity contribution in [2.24, 2.45) is 24.0 Å². The van der Waals surface area contributed by atoms with Crippen LogP contribution >= 0.6 is 11.6 Å². The molecule has 4 rings (SSSR count). The molecule has 2 bridgehead atoms. The maximum atomic E-state index is 13.3. The fourth-order valence-corrected chi connectivity index (χ4v) is 6.76. The molecule has 33 heavy (non-hydrogen) atoms. The Labute approximate surface area is 200 Å². The van der Waals surface area contributed by atoms with E-state index < -0.39 is 10.2 Å². The minimum absolute atomic E-state index is 0.112. The SMILES string of the molecule is CCCN(C1C2CCC1CC(C=Cc1cc(-c3ccc(F)cc3)n(C)n1)=C(Cl)C2)S(N)(=O)=O. The Balaban J connectivity index is 1.56. The smallest absolute Gasteiger partial charge is 0.267 e. The van der Waals surface area contributed by atoms with Crippen molar-refractivity contribution < 1.29 is 12.8 Å². The zero-order chi connectivity index (χ0) is 23.8. The predicted octanol–water partition coefficient (Wildman–Crippen LogP) is 4.84. The first-order chi connectivity index (χ1) is 15.7. The molecular formula is C24H30ClFN4O2S. The normalized spacial score (nSPS) is 23.6. The summed E-state index contributed by atoms with van der Waals surface area (Å²) < 4.78 is 41.1. The number of hydrogen-bond donors (Lipinski definition) is 1. The average Bonchev–Trinajstić information content (AvgIpc) is 3.27. The first-order valence-corrected chi connectivity index (χ1v) is 13.2. The van der Waals surface area contributed by atoms with Gasteiger partial charge in [0.1, 0.15) is 5.82 Å². The van der Waals surface area contributed by atoms with Crippen molar-refractivity contribution >= 4 is 27.9 Å². The molecular weight excluding hydrogens is 463 g/mol. The number of nitrogens with zero attached hydrogens (tertiary/aromatic N) is 3. The number of rotatable bonds is 7. The van der Waals surface area contributed by atoms with Gasteiger partial charge in [0.05, 0.1) is 11.4 Å². The zero-order valence-electron chi connectivity index (χ0n) is 18.9. The molecule has 1 saturated carbocycles. The first-order valence-electron chi connectivity index (χ1n) is 11.3. The summed E-state index contributed by atoms with van der Waals surface area (Å²) in [6.45, 7) is 2.39. The fourth-order valence-electron chi connectivity index (χ4n) is 5.30. The molecule has 2 N–H and O–H groups in total. The van der Waals surface area contributed by atoms with E-state index >= 15 is 0 Å². The van der Waals surface area contributed by atoms with Crippen LogP contribution < -0.4 is 5.14 Å². The molecule has 1 fully saturated rings. The second-order valence-corrected chi connectivity index (χ2v) is 11.0. The lowest BCUT2D eigenvalue weighted by Crippen LogP contribution is -2.48. The van der Waals surface area contributed by atoms with Gasteiger partial charge >= 0.3 is 0 Å². The van der Waals surface area contributed by atoms with Crippen LogP contribution in [0.15, 0.2) is 47.0 Å². The van der Waals surface area contributed by atoms with Gasteiger partial charge in [-0.1, -0.05) is 24.6 Å². The van der Waals surface area contributed by atoms with E-state index in [1.807, 2.05) is 32.2 Å². The number of allylic oxidation sites excluding steroid dienone is 3. The van der Waals surface area contributed by atoms with Crippen LogP contribution in [0.25, 0.3) is 17.3 Å². The maximum Gasteiger partial charge on any atom is 0.277 e. The molecule has 2 aromatic rings. The van der Waals surface area contributed by atoms with E-state index in [2.05, 4.69) is 5.10 Å². The summed E-state index contributed by atoms with van der Waals surface area (Å²) in [4.78, 5) is 0. The Kier molecular flexibility index (Phi) is 7.09. The predicted molar refractivity (Wildman–Crippen MR) is 130 cm³/mol. The number of benzene rings is 1. The highest BCUT2D eigenvalue weighted by atomic mass is 35.5. The summed E-state index contributed by atoms with van der Waals surface area (Å²) in [6.07, 6.45) is 7.94. The quantitative estimate of drug-likeness (QED) is 0.600. The lowest BCUT2D eigenvalue weighted by Gasteiger charge is -2.33. The standard InChI is InChI=1S/C24H30ClFN4O2S/c1-3-12-30(33(27,31)32)24-18-4-5-19(24)14-22(25)17(13-18)8-11-21-15-23(29(2)28-21)16-6-9-20(26)10-7-16/h6-11,15,18-19,24H,3-5,12-14H2,1-2H3,(H2,27,31,32). The van der Waals surface area contributed by atoms with Crippen molar-refractivity contribution in [1.29, 1.82) is 0 Å². The van der Waals surface area contributed by atoms with E-state index in [4.69, 9.17) is 16.7 Å². The van der Waals surface area contributed by atoms with Gasteiger partial charge in [0.25, 0.3) is 10.2 Å². The number of fused-ring (bicyclic) bond motifs is 2. The molecule has 0 amide bonds. The highest BCUT2D eigenvalue weighted by Gasteiger charge is 2.45. The van der Waals surface area contributed by atoms with Crippen LogP contribution in [-0.4, -0.2) is 35.1 Å². The Morgan fingerprint density at radius 3 is 2.52 bits per heavy atom. The maximum absolute atomic E-state index is 13.3.